The molecule has 1 nitrogen and oxygen atoms in total. The van der Waals surface area contributed by atoms with Crippen molar-refractivity contribution in [1.82, 2.24) is 0 Å². The van der Waals surface area contributed by atoms with Gasteiger partial charge in [0.2, 0.25) is 0 Å². The van der Waals surface area contributed by atoms with Crippen LogP contribution < -0.4 is 0 Å². The quantitative estimate of drug-likeness (QED) is 0.541. The monoisotopic (exact) mass is 138 g/mol. The lowest BCUT2D eigenvalue weighted by Crippen LogP contribution is -2.36. The van der Waals surface area contributed by atoms with Gasteiger partial charge in [-0.2, -0.15) is 0 Å². The molecule has 0 aromatic carbocycles. The molecule has 0 aliphatic heterocycles. The maximum absolute atomic E-state index is 11.0. The third kappa shape index (κ3) is 0.727. The number of hydrogen-bond acceptors (Lipinski definition) is 1. The highest BCUT2D eigenvalue weighted by atomic mass is 16.1. The van der Waals surface area contributed by atoms with Gasteiger partial charge in [0.1, 0.15) is 5.78 Å². The van der Waals surface area contributed by atoms with Gasteiger partial charge in [0, 0.05) is 5.92 Å². The van der Waals surface area contributed by atoms with Gasteiger partial charge in [0.25, 0.3) is 0 Å². The van der Waals surface area contributed by atoms with Gasteiger partial charge >= 0.3 is 0 Å². The molecule has 56 valence electrons. The average Bonchev–Trinajstić information content (AvgIpc) is 2.11. The molecule has 0 aromatic heterocycles. The first-order valence-corrected chi connectivity index (χ1v) is 4.29. The Morgan fingerprint density at radius 1 is 1.40 bits per heavy atom. The van der Waals surface area contributed by atoms with Crippen LogP contribution in [-0.4, -0.2) is 5.78 Å². The molecule has 0 bridgehead atoms. The minimum absolute atomic E-state index is 0.433. The van der Waals surface area contributed by atoms with Crippen molar-refractivity contribution in [3.63, 3.8) is 0 Å². The molecule has 2 fully saturated rings. The average molecular weight is 138 g/mol. The highest BCUT2D eigenvalue weighted by Gasteiger charge is 2.45. The fourth-order valence-electron chi connectivity index (χ4n) is 2.66. The summed E-state index contributed by atoms with van der Waals surface area (Å²) in [5.74, 6) is 2.64. The van der Waals surface area contributed by atoms with Crippen LogP contribution in [0.4, 0.5) is 0 Å². The highest BCUT2D eigenvalue weighted by Crippen LogP contribution is 2.51. The molecule has 2 rings (SSSR count). The molecule has 1 heteroatoms. The smallest absolute Gasteiger partial charge is 0.133 e. The Hall–Kier alpha value is -0.330. The number of rotatable bonds is 1. The number of ketones is 1. The Morgan fingerprint density at radius 3 is 2.80 bits per heavy atom. The molecule has 0 aromatic rings. The molecule has 0 heterocycles. The van der Waals surface area contributed by atoms with Gasteiger partial charge in [-0.25, -0.2) is 0 Å². The van der Waals surface area contributed by atoms with Gasteiger partial charge in [0.15, 0.2) is 0 Å². The molecular weight excluding hydrogens is 124 g/mol. The summed E-state index contributed by atoms with van der Waals surface area (Å²) < 4.78 is 0. The van der Waals surface area contributed by atoms with E-state index in [2.05, 4.69) is 0 Å². The first kappa shape index (κ1) is 6.38. The first-order chi connectivity index (χ1) is 4.79. The normalized spacial score (nSPS) is 44.3. The predicted octanol–water partition coefficient (Wildman–Crippen LogP) is 2.01. The van der Waals surface area contributed by atoms with Gasteiger partial charge < -0.3 is 0 Å². The second-order valence-corrected chi connectivity index (χ2v) is 3.81. The molecule has 0 spiro atoms. The van der Waals surface area contributed by atoms with Crippen molar-refractivity contribution >= 4 is 5.78 Å². The first-order valence-electron chi connectivity index (χ1n) is 4.29. The Balaban J connectivity index is 2.00. The van der Waals surface area contributed by atoms with Crippen LogP contribution in [0.3, 0.4) is 0 Å². The fourth-order valence-corrected chi connectivity index (χ4v) is 2.66. The van der Waals surface area contributed by atoms with Crippen LogP contribution in [0.2, 0.25) is 0 Å². The zero-order valence-electron chi connectivity index (χ0n) is 6.47. The third-order valence-electron chi connectivity index (χ3n) is 3.31. The Labute approximate surface area is 61.8 Å². The van der Waals surface area contributed by atoms with E-state index in [1.807, 2.05) is 0 Å². The van der Waals surface area contributed by atoms with Crippen molar-refractivity contribution in [2.24, 2.45) is 17.8 Å². The van der Waals surface area contributed by atoms with Gasteiger partial charge in [-0.3, -0.25) is 4.79 Å². The summed E-state index contributed by atoms with van der Waals surface area (Å²) in [5.41, 5.74) is 0. The largest absolute Gasteiger partial charge is 0.300 e. The topological polar surface area (TPSA) is 17.1 Å². The Morgan fingerprint density at radius 2 is 2.20 bits per heavy atom. The molecule has 10 heavy (non-hydrogen) atoms. The van der Waals surface area contributed by atoms with E-state index < -0.39 is 0 Å². The van der Waals surface area contributed by atoms with Crippen molar-refractivity contribution in [3.05, 3.63) is 0 Å². The van der Waals surface area contributed by atoms with Crippen LogP contribution in [0.5, 0.6) is 0 Å². The van der Waals surface area contributed by atoms with E-state index >= 15 is 0 Å². The van der Waals surface area contributed by atoms with Crippen LogP contribution in [-0.2, 0) is 4.79 Å². The van der Waals surface area contributed by atoms with Crippen LogP contribution in [0.15, 0.2) is 0 Å². The van der Waals surface area contributed by atoms with E-state index in [0.29, 0.717) is 11.7 Å². The molecule has 2 aliphatic carbocycles. The van der Waals surface area contributed by atoms with E-state index in [0.717, 1.165) is 11.8 Å². The zero-order valence-corrected chi connectivity index (χ0v) is 6.47. The zero-order chi connectivity index (χ0) is 7.14. The van der Waals surface area contributed by atoms with Crippen molar-refractivity contribution in [2.45, 2.75) is 32.6 Å². The SMILES string of the molecule is CC(=O)[C@H]1C[C@H]2CCC[C@H]21. The summed E-state index contributed by atoms with van der Waals surface area (Å²) in [5, 5.41) is 0. The van der Waals surface area contributed by atoms with Gasteiger partial charge in [0.05, 0.1) is 0 Å². The van der Waals surface area contributed by atoms with Crippen molar-refractivity contribution < 1.29 is 4.79 Å². The highest BCUT2D eigenvalue weighted by molar-refractivity contribution is 5.79. The minimum atomic E-state index is 0.433. The van der Waals surface area contributed by atoms with E-state index in [-0.39, 0.29) is 0 Å². The molecule has 0 radical (unpaired) electrons. The maximum atomic E-state index is 11.0. The molecule has 0 unspecified atom stereocenters. The van der Waals surface area contributed by atoms with Crippen LogP contribution in [0.25, 0.3) is 0 Å². The number of hydrogen-bond donors (Lipinski definition) is 0. The summed E-state index contributed by atoms with van der Waals surface area (Å²) in [6.07, 6.45) is 5.31. The fraction of sp³-hybridized carbons (Fsp3) is 0.889. The number of Topliss-reactive ketones (excluding diaryl/α,β-unsaturated/α-hetero) is 1. The predicted molar refractivity (Wildman–Crippen MR) is 39.6 cm³/mol. The summed E-state index contributed by atoms with van der Waals surface area (Å²) in [6, 6.07) is 0. The standard InChI is InChI=1S/C9H14O/c1-6(10)9-5-7-3-2-4-8(7)9/h7-9H,2-5H2,1H3/t7-,8-,9-/m1/s1. The minimum Gasteiger partial charge on any atom is -0.300 e. The second-order valence-electron chi connectivity index (χ2n) is 3.81. The van der Waals surface area contributed by atoms with Crippen LogP contribution in [0, 0.1) is 17.8 Å². The lowest BCUT2D eigenvalue weighted by Gasteiger charge is -2.38. The Kier molecular flexibility index (Phi) is 1.33. The summed E-state index contributed by atoms with van der Waals surface area (Å²) in [4.78, 5) is 11.0. The van der Waals surface area contributed by atoms with E-state index in [1.165, 1.54) is 25.7 Å². The maximum Gasteiger partial charge on any atom is 0.133 e. The van der Waals surface area contributed by atoms with Gasteiger partial charge in [-0.05, 0) is 31.6 Å². The Bertz CT molecular complexity index is 162. The molecule has 0 N–H and O–H groups in total. The second kappa shape index (κ2) is 2.08. The van der Waals surface area contributed by atoms with Crippen molar-refractivity contribution in [3.8, 4) is 0 Å². The number of carbonyl (C=O) groups is 1. The summed E-state index contributed by atoms with van der Waals surface area (Å²) in [6.45, 7) is 1.75. The molecule has 0 saturated heterocycles. The molecule has 0 amide bonds. The molecular formula is C9H14O. The van der Waals surface area contributed by atoms with Gasteiger partial charge in [-0.1, -0.05) is 12.8 Å². The van der Waals surface area contributed by atoms with Crippen LogP contribution in [0.1, 0.15) is 32.6 Å². The van der Waals surface area contributed by atoms with E-state index in [4.69, 9.17) is 0 Å². The molecule has 3 atom stereocenters. The summed E-state index contributed by atoms with van der Waals surface area (Å²) in [7, 11) is 0. The number of fused-ring (bicyclic) bond motifs is 1. The van der Waals surface area contributed by atoms with E-state index in [9.17, 15) is 4.79 Å². The van der Waals surface area contributed by atoms with Crippen molar-refractivity contribution in [1.29, 1.82) is 0 Å². The summed E-state index contributed by atoms with van der Waals surface area (Å²) >= 11 is 0. The molecule has 2 aliphatic rings. The van der Waals surface area contributed by atoms with Crippen molar-refractivity contribution in [2.75, 3.05) is 0 Å². The number of carbonyl (C=O) groups excluding carboxylic acids is 1. The van der Waals surface area contributed by atoms with Gasteiger partial charge in [-0.15, -0.1) is 0 Å². The van der Waals surface area contributed by atoms with Crippen LogP contribution >= 0.6 is 0 Å². The van der Waals surface area contributed by atoms with E-state index in [1.54, 1.807) is 6.92 Å². The lowest BCUT2D eigenvalue weighted by atomic mass is 9.65. The molecule has 2 saturated carbocycles. The lowest BCUT2D eigenvalue weighted by molar-refractivity contribution is -0.127. The third-order valence-corrected chi connectivity index (χ3v) is 3.31.